The van der Waals surface area contributed by atoms with Crippen molar-refractivity contribution in [3.8, 4) is 0 Å². The van der Waals surface area contributed by atoms with Crippen LogP contribution in [0, 0.1) is 10.4 Å². The summed E-state index contributed by atoms with van der Waals surface area (Å²) in [7, 11) is 0. The van der Waals surface area contributed by atoms with Gasteiger partial charge in [0.05, 0.1) is 0 Å². The van der Waals surface area contributed by atoms with Gasteiger partial charge in [-0.15, -0.1) is 0 Å². The van der Waals surface area contributed by atoms with Gasteiger partial charge in [-0.25, -0.2) is 0 Å². The second-order valence-corrected chi connectivity index (χ2v) is 9.55. The summed E-state index contributed by atoms with van der Waals surface area (Å²) in [6.07, 6.45) is 1.69. The third-order valence-corrected chi connectivity index (χ3v) is 6.65. The molecule has 35 heavy (non-hydrogen) atoms. The summed E-state index contributed by atoms with van der Waals surface area (Å²) in [4.78, 5) is 28.5. The monoisotopic (exact) mass is 498 g/mol. The van der Waals surface area contributed by atoms with Crippen molar-refractivity contribution >= 4 is 45.7 Å². The predicted octanol–water partition coefficient (Wildman–Crippen LogP) is 3.05. The second kappa shape index (κ2) is 10.8. The number of carbonyl (C=O) groups is 2. The number of fused-ring (bicyclic) bond motifs is 1. The lowest BCUT2D eigenvalue weighted by molar-refractivity contribution is -0.715. The number of rotatable bonds is 7. The third-order valence-electron chi connectivity index (χ3n) is 6.39. The molecule has 0 saturated carbocycles. The van der Waals surface area contributed by atoms with Gasteiger partial charge >= 0.3 is 0 Å². The van der Waals surface area contributed by atoms with E-state index in [1.807, 2.05) is 0 Å². The minimum absolute atomic E-state index is 0.00767. The molecule has 3 aromatic rings. The SMILES string of the molecule is CC(C)N1CCC(NC(=O)c2cc3cc([NH+]([O-])[O-])ccc3n2CC(=O)Nc2ccc(Cl)cc2)CC1. The van der Waals surface area contributed by atoms with Crippen molar-refractivity contribution in [2.45, 2.75) is 45.3 Å². The Hall–Kier alpha value is -2.95. The summed E-state index contributed by atoms with van der Waals surface area (Å²) >= 11 is 5.91. The number of carbonyl (C=O) groups excluding carboxylic acids is 2. The highest BCUT2D eigenvalue weighted by Gasteiger charge is 2.25. The van der Waals surface area contributed by atoms with Crippen LogP contribution in [0.2, 0.25) is 5.02 Å². The molecule has 0 spiro atoms. The van der Waals surface area contributed by atoms with E-state index >= 15 is 0 Å². The highest BCUT2D eigenvalue weighted by Crippen LogP contribution is 2.24. The number of nitrogens with zero attached hydrogens (tertiary/aromatic N) is 2. The average Bonchev–Trinajstić information content (AvgIpc) is 3.18. The molecule has 0 aliphatic carbocycles. The highest BCUT2D eigenvalue weighted by molar-refractivity contribution is 6.30. The van der Waals surface area contributed by atoms with Gasteiger partial charge in [0, 0.05) is 58.9 Å². The number of piperidine rings is 1. The van der Waals surface area contributed by atoms with Crippen LogP contribution in [0.3, 0.4) is 0 Å². The number of hydrogen-bond donors (Lipinski definition) is 3. The van der Waals surface area contributed by atoms with Crippen LogP contribution in [-0.2, 0) is 11.3 Å². The Kier molecular flexibility index (Phi) is 7.73. The van der Waals surface area contributed by atoms with Gasteiger partial charge in [0.15, 0.2) is 0 Å². The standard InChI is InChI=1S/C25H29ClN5O4/c1-16(2)29-11-9-20(10-12-29)28-25(33)23-14-17-13-21(31(34)35)7-8-22(17)30(23)15-24(32)27-19-5-3-18(26)4-6-19/h3-8,13-14,16,20,31H,9-12,15H2,1-2H3,(H,27,32)(H,28,33)/q-1. The first-order valence-electron chi connectivity index (χ1n) is 11.7. The van der Waals surface area contributed by atoms with E-state index in [2.05, 4.69) is 29.4 Å². The van der Waals surface area contributed by atoms with E-state index in [0.29, 0.717) is 33.3 Å². The molecule has 1 aromatic heterocycles. The predicted molar refractivity (Wildman–Crippen MR) is 137 cm³/mol. The van der Waals surface area contributed by atoms with Crippen LogP contribution in [0.15, 0.2) is 48.5 Å². The van der Waals surface area contributed by atoms with Gasteiger partial charge < -0.3 is 35.7 Å². The van der Waals surface area contributed by atoms with Crippen LogP contribution >= 0.6 is 11.6 Å². The lowest BCUT2D eigenvalue weighted by atomic mass is 10.0. The molecule has 2 aromatic carbocycles. The lowest BCUT2D eigenvalue weighted by Gasteiger charge is -2.34. The fraction of sp³-hybridized carbons (Fsp3) is 0.360. The molecule has 1 aliphatic heterocycles. The van der Waals surface area contributed by atoms with Gasteiger partial charge in [-0.1, -0.05) is 11.6 Å². The number of benzene rings is 2. The van der Waals surface area contributed by atoms with Gasteiger partial charge in [0.2, 0.25) is 5.91 Å². The van der Waals surface area contributed by atoms with E-state index in [1.54, 1.807) is 41.0 Å². The molecule has 0 unspecified atom stereocenters. The van der Waals surface area contributed by atoms with Gasteiger partial charge in [0.25, 0.3) is 5.91 Å². The van der Waals surface area contributed by atoms with Gasteiger partial charge in [-0.05, 0) is 63.1 Å². The van der Waals surface area contributed by atoms with Crippen molar-refractivity contribution in [3.63, 3.8) is 0 Å². The fourth-order valence-electron chi connectivity index (χ4n) is 4.45. The van der Waals surface area contributed by atoms with Crippen molar-refractivity contribution in [1.29, 1.82) is 0 Å². The zero-order valence-corrected chi connectivity index (χ0v) is 20.5. The normalized spacial score (nSPS) is 15.2. The van der Waals surface area contributed by atoms with E-state index in [9.17, 15) is 20.0 Å². The Bertz CT molecular complexity index is 1200. The number of likely N-dealkylation sites (tertiary alicyclic amines) is 1. The number of quaternary nitrogens is 1. The average molecular weight is 499 g/mol. The molecule has 1 aliphatic rings. The number of halogens is 1. The largest absolute Gasteiger partial charge is 0.628 e. The van der Waals surface area contributed by atoms with Gasteiger partial charge in [-0.3, -0.25) is 9.59 Å². The smallest absolute Gasteiger partial charge is 0.268 e. The van der Waals surface area contributed by atoms with E-state index in [0.717, 1.165) is 25.9 Å². The summed E-state index contributed by atoms with van der Waals surface area (Å²) in [5, 5.41) is 28.4. The van der Waals surface area contributed by atoms with Crippen molar-refractivity contribution in [2.75, 3.05) is 18.4 Å². The van der Waals surface area contributed by atoms with Crippen molar-refractivity contribution in [2.24, 2.45) is 0 Å². The second-order valence-electron chi connectivity index (χ2n) is 9.11. The number of amides is 2. The third kappa shape index (κ3) is 6.01. The first kappa shape index (κ1) is 25.2. The number of hydrogen-bond acceptors (Lipinski definition) is 5. The summed E-state index contributed by atoms with van der Waals surface area (Å²) in [5.74, 6) is -0.619. The molecule has 3 N–H and O–H groups in total. The van der Waals surface area contributed by atoms with Gasteiger partial charge in [0.1, 0.15) is 17.9 Å². The molecular formula is C25H29ClN5O4-. The molecule has 0 bridgehead atoms. The van der Waals surface area contributed by atoms with Crippen LogP contribution in [-0.4, -0.2) is 46.5 Å². The van der Waals surface area contributed by atoms with Crippen molar-refractivity contribution in [3.05, 3.63) is 69.7 Å². The number of anilines is 1. The summed E-state index contributed by atoms with van der Waals surface area (Å²) in [6, 6.07) is 13.3. The van der Waals surface area contributed by atoms with Crippen LogP contribution < -0.4 is 15.9 Å². The maximum Gasteiger partial charge on any atom is 0.268 e. The number of nitrogens with one attached hydrogen (secondary N) is 3. The van der Waals surface area contributed by atoms with Crippen molar-refractivity contribution < 1.29 is 14.8 Å². The minimum atomic E-state index is -1.30. The van der Waals surface area contributed by atoms with Crippen LogP contribution in [0.5, 0.6) is 0 Å². The summed E-state index contributed by atoms with van der Waals surface area (Å²) in [6.45, 7) is 6.01. The molecule has 2 amide bonds. The molecule has 0 atom stereocenters. The Morgan fingerprint density at radius 3 is 2.40 bits per heavy atom. The Morgan fingerprint density at radius 2 is 1.77 bits per heavy atom. The molecule has 4 rings (SSSR count). The first-order chi connectivity index (χ1) is 16.7. The Labute approximate surface area is 208 Å². The molecule has 1 fully saturated rings. The summed E-state index contributed by atoms with van der Waals surface area (Å²) in [5.41, 5.74) is 1.47. The Morgan fingerprint density at radius 1 is 1.09 bits per heavy atom. The topological polar surface area (TPSA) is 117 Å². The molecule has 2 heterocycles. The van der Waals surface area contributed by atoms with E-state index in [-0.39, 0.29) is 30.1 Å². The summed E-state index contributed by atoms with van der Waals surface area (Å²) < 4.78 is 1.61. The van der Waals surface area contributed by atoms with Crippen LogP contribution in [0.4, 0.5) is 11.4 Å². The highest BCUT2D eigenvalue weighted by atomic mass is 35.5. The maximum atomic E-state index is 13.3. The van der Waals surface area contributed by atoms with E-state index in [1.165, 1.54) is 12.1 Å². The molecular weight excluding hydrogens is 470 g/mol. The number of aromatic nitrogens is 1. The zero-order valence-electron chi connectivity index (χ0n) is 19.7. The fourth-order valence-corrected chi connectivity index (χ4v) is 4.58. The minimum Gasteiger partial charge on any atom is -0.628 e. The molecule has 1 saturated heterocycles. The Balaban J connectivity index is 1.57. The van der Waals surface area contributed by atoms with Crippen molar-refractivity contribution in [1.82, 2.24) is 14.8 Å². The van der Waals surface area contributed by atoms with Crippen LogP contribution in [0.1, 0.15) is 37.2 Å². The maximum absolute atomic E-state index is 13.3. The molecule has 0 radical (unpaired) electrons. The van der Waals surface area contributed by atoms with E-state index < -0.39 is 5.23 Å². The van der Waals surface area contributed by atoms with E-state index in [4.69, 9.17) is 11.6 Å². The molecule has 10 heteroatoms. The quantitative estimate of drug-likeness (QED) is 0.433. The van der Waals surface area contributed by atoms with Crippen LogP contribution in [0.25, 0.3) is 10.9 Å². The molecule has 9 nitrogen and oxygen atoms in total. The molecule has 186 valence electrons. The van der Waals surface area contributed by atoms with Gasteiger partial charge in [-0.2, -0.15) is 0 Å². The lowest BCUT2D eigenvalue weighted by Crippen LogP contribution is -2.96. The first-order valence-corrected chi connectivity index (χ1v) is 12.0. The zero-order chi connectivity index (χ0) is 25.1.